The van der Waals surface area contributed by atoms with E-state index < -0.39 is 0 Å². The second-order valence-electron chi connectivity index (χ2n) is 6.08. The number of hydrogen-bond donors (Lipinski definition) is 1. The van der Waals surface area contributed by atoms with E-state index in [-0.39, 0.29) is 16.9 Å². The van der Waals surface area contributed by atoms with Gasteiger partial charge in [-0.3, -0.25) is 14.6 Å². The van der Waals surface area contributed by atoms with Gasteiger partial charge in [0.2, 0.25) is 0 Å². The number of nitrogens with one attached hydrogen (secondary N) is 1. The Balaban J connectivity index is 1.82. The van der Waals surface area contributed by atoms with E-state index in [0.29, 0.717) is 5.02 Å². The standard InChI is InChI=1S/C17H18ClN3O2S/c1-10-19-16-14(15(24-10)11-3-2-4-12(18)9-11)17(22)20-21(16)13-5-7-23-8-6-13/h2-4,9,13,15H,5-8H2,1H3,(H,20,22). The molecule has 1 fully saturated rings. The molecule has 0 amide bonds. The summed E-state index contributed by atoms with van der Waals surface area (Å²) in [7, 11) is 0. The van der Waals surface area contributed by atoms with Crippen LogP contribution in [0.4, 0.5) is 5.82 Å². The number of benzene rings is 1. The number of aromatic amines is 1. The lowest BCUT2D eigenvalue weighted by Crippen LogP contribution is -2.21. The molecule has 1 atom stereocenters. The van der Waals surface area contributed by atoms with Crippen LogP contribution in [0.2, 0.25) is 5.02 Å². The first kappa shape index (κ1) is 16.0. The molecule has 0 aliphatic carbocycles. The van der Waals surface area contributed by atoms with Gasteiger partial charge in [0.1, 0.15) is 0 Å². The molecule has 24 heavy (non-hydrogen) atoms. The number of H-pyrrole nitrogens is 1. The van der Waals surface area contributed by atoms with E-state index >= 15 is 0 Å². The van der Waals surface area contributed by atoms with E-state index in [0.717, 1.165) is 48.0 Å². The van der Waals surface area contributed by atoms with Crippen LogP contribution < -0.4 is 5.56 Å². The maximum absolute atomic E-state index is 12.7. The molecule has 5 nitrogen and oxygen atoms in total. The Bertz CT molecular complexity index is 852. The molecule has 1 aromatic carbocycles. The van der Waals surface area contributed by atoms with Gasteiger partial charge in [0, 0.05) is 18.2 Å². The minimum Gasteiger partial charge on any atom is -0.381 e. The van der Waals surface area contributed by atoms with Crippen LogP contribution in [0.25, 0.3) is 0 Å². The fourth-order valence-electron chi connectivity index (χ4n) is 3.32. The van der Waals surface area contributed by atoms with Crippen molar-refractivity contribution in [3.63, 3.8) is 0 Å². The molecule has 7 heteroatoms. The summed E-state index contributed by atoms with van der Waals surface area (Å²) in [6.45, 7) is 3.42. The summed E-state index contributed by atoms with van der Waals surface area (Å²) in [5.41, 5.74) is 1.68. The van der Waals surface area contributed by atoms with Crippen LogP contribution in [0.1, 0.15) is 42.2 Å². The van der Waals surface area contributed by atoms with Gasteiger partial charge < -0.3 is 4.74 Å². The van der Waals surface area contributed by atoms with Crippen LogP contribution in [0.5, 0.6) is 0 Å². The highest BCUT2D eigenvalue weighted by atomic mass is 35.5. The highest BCUT2D eigenvalue weighted by molar-refractivity contribution is 8.14. The summed E-state index contributed by atoms with van der Waals surface area (Å²) in [6.07, 6.45) is 1.78. The summed E-state index contributed by atoms with van der Waals surface area (Å²) in [6, 6.07) is 7.93. The van der Waals surface area contributed by atoms with Crippen molar-refractivity contribution in [1.29, 1.82) is 0 Å². The lowest BCUT2D eigenvalue weighted by atomic mass is 10.1. The summed E-state index contributed by atoms with van der Waals surface area (Å²) in [5, 5.41) is 4.56. The molecule has 0 bridgehead atoms. The average molecular weight is 364 g/mol. The highest BCUT2D eigenvalue weighted by Gasteiger charge is 2.32. The Hall–Kier alpha value is -1.50. The Kier molecular flexibility index (Phi) is 4.28. The third-order valence-electron chi connectivity index (χ3n) is 4.46. The largest absolute Gasteiger partial charge is 0.381 e. The van der Waals surface area contributed by atoms with E-state index in [1.54, 1.807) is 11.8 Å². The van der Waals surface area contributed by atoms with E-state index in [1.807, 2.05) is 35.9 Å². The van der Waals surface area contributed by atoms with Crippen LogP contribution in [0, 0.1) is 0 Å². The van der Waals surface area contributed by atoms with Crippen molar-refractivity contribution >= 4 is 34.2 Å². The number of ether oxygens (including phenoxy) is 1. The molecule has 2 aromatic rings. The van der Waals surface area contributed by atoms with Gasteiger partial charge in [-0.25, -0.2) is 4.99 Å². The number of rotatable bonds is 2. The minimum atomic E-state index is -0.0824. The molecule has 1 saturated heterocycles. The number of aromatic nitrogens is 2. The zero-order chi connectivity index (χ0) is 16.7. The maximum atomic E-state index is 12.7. The van der Waals surface area contributed by atoms with Crippen LogP contribution in [0.15, 0.2) is 34.1 Å². The molecule has 1 unspecified atom stereocenters. The van der Waals surface area contributed by atoms with Gasteiger partial charge in [0.25, 0.3) is 5.56 Å². The lowest BCUT2D eigenvalue weighted by Gasteiger charge is -2.26. The lowest BCUT2D eigenvalue weighted by molar-refractivity contribution is 0.0666. The van der Waals surface area contributed by atoms with E-state index in [4.69, 9.17) is 16.3 Å². The van der Waals surface area contributed by atoms with E-state index in [2.05, 4.69) is 10.1 Å². The van der Waals surface area contributed by atoms with Crippen LogP contribution >= 0.6 is 23.4 Å². The zero-order valence-electron chi connectivity index (χ0n) is 13.3. The van der Waals surface area contributed by atoms with Gasteiger partial charge in [0.05, 0.1) is 21.9 Å². The minimum absolute atomic E-state index is 0.0646. The Labute approximate surface area is 149 Å². The molecule has 4 rings (SSSR count). The molecule has 126 valence electrons. The topological polar surface area (TPSA) is 59.4 Å². The zero-order valence-corrected chi connectivity index (χ0v) is 14.9. The predicted molar refractivity (Wildman–Crippen MR) is 97.8 cm³/mol. The normalized spacial score (nSPS) is 21.4. The number of halogens is 1. The SMILES string of the molecule is CC1=Nc2c(c(=O)[nH]n2C2CCOCC2)C(c2cccc(Cl)c2)S1. The van der Waals surface area contributed by atoms with Crippen LogP contribution in [-0.4, -0.2) is 28.0 Å². The Morgan fingerprint density at radius 1 is 1.38 bits per heavy atom. The van der Waals surface area contributed by atoms with E-state index in [1.165, 1.54) is 0 Å². The summed E-state index contributed by atoms with van der Waals surface area (Å²) in [5.74, 6) is 0.758. The van der Waals surface area contributed by atoms with Crippen LogP contribution in [-0.2, 0) is 4.74 Å². The van der Waals surface area contributed by atoms with Crippen molar-refractivity contribution in [3.8, 4) is 0 Å². The summed E-state index contributed by atoms with van der Waals surface area (Å²) < 4.78 is 7.38. The predicted octanol–water partition coefficient (Wildman–Crippen LogP) is 4.07. The van der Waals surface area contributed by atoms with E-state index in [9.17, 15) is 4.79 Å². The van der Waals surface area contributed by atoms with Gasteiger partial charge in [-0.15, -0.1) is 0 Å². The number of thioether (sulfide) groups is 1. The maximum Gasteiger partial charge on any atom is 0.271 e. The van der Waals surface area contributed by atoms with Crippen molar-refractivity contribution in [2.45, 2.75) is 31.1 Å². The first-order chi connectivity index (χ1) is 11.6. The van der Waals surface area contributed by atoms with Crippen LogP contribution in [0.3, 0.4) is 0 Å². The van der Waals surface area contributed by atoms with Crippen molar-refractivity contribution in [1.82, 2.24) is 9.78 Å². The number of nitrogens with zero attached hydrogens (tertiary/aromatic N) is 2. The first-order valence-corrected chi connectivity index (χ1v) is 9.29. The fraction of sp³-hybridized carbons (Fsp3) is 0.412. The third kappa shape index (κ3) is 2.83. The Morgan fingerprint density at radius 3 is 2.92 bits per heavy atom. The summed E-state index contributed by atoms with van der Waals surface area (Å²) in [4.78, 5) is 17.4. The number of fused-ring (bicyclic) bond motifs is 1. The monoisotopic (exact) mass is 363 g/mol. The number of aliphatic imine (C=N–C) groups is 1. The van der Waals surface area contributed by atoms with Gasteiger partial charge in [-0.1, -0.05) is 35.5 Å². The molecule has 3 heterocycles. The molecular weight excluding hydrogens is 346 g/mol. The molecule has 0 radical (unpaired) electrons. The highest BCUT2D eigenvalue weighted by Crippen LogP contribution is 2.45. The number of hydrogen-bond acceptors (Lipinski definition) is 4. The molecular formula is C17H18ClN3O2S. The van der Waals surface area contributed by atoms with Crippen molar-refractivity contribution in [3.05, 3.63) is 50.8 Å². The first-order valence-electron chi connectivity index (χ1n) is 8.03. The summed E-state index contributed by atoms with van der Waals surface area (Å²) >= 11 is 7.75. The molecule has 1 aromatic heterocycles. The Morgan fingerprint density at radius 2 is 2.17 bits per heavy atom. The smallest absolute Gasteiger partial charge is 0.271 e. The molecule has 2 aliphatic heterocycles. The second-order valence-corrected chi connectivity index (χ2v) is 7.81. The van der Waals surface area contributed by atoms with Gasteiger partial charge in [0.15, 0.2) is 5.82 Å². The quantitative estimate of drug-likeness (QED) is 0.875. The second kappa shape index (κ2) is 6.43. The molecule has 0 saturated carbocycles. The van der Waals surface area contributed by atoms with Crippen molar-refractivity contribution in [2.24, 2.45) is 4.99 Å². The average Bonchev–Trinajstić information content (AvgIpc) is 2.91. The molecule has 1 N–H and O–H groups in total. The van der Waals surface area contributed by atoms with Crippen molar-refractivity contribution < 1.29 is 4.74 Å². The third-order valence-corrected chi connectivity index (χ3v) is 5.87. The van der Waals surface area contributed by atoms with Crippen molar-refractivity contribution in [2.75, 3.05) is 13.2 Å². The van der Waals surface area contributed by atoms with Gasteiger partial charge in [-0.05, 0) is 37.5 Å². The molecule has 0 spiro atoms. The molecule has 2 aliphatic rings. The van der Waals surface area contributed by atoms with Gasteiger partial charge >= 0.3 is 0 Å². The fourth-order valence-corrected chi connectivity index (χ4v) is 4.61. The van der Waals surface area contributed by atoms with Gasteiger partial charge in [-0.2, -0.15) is 0 Å².